The van der Waals surface area contributed by atoms with Crippen molar-refractivity contribution in [2.24, 2.45) is 7.05 Å². The largest absolute Gasteiger partial charge is 0.480 e. The van der Waals surface area contributed by atoms with E-state index in [9.17, 15) is 9.59 Å². The summed E-state index contributed by atoms with van der Waals surface area (Å²) in [7, 11) is 1.78. The number of nitrogens with zero attached hydrogens (tertiary/aromatic N) is 3. The van der Waals surface area contributed by atoms with Gasteiger partial charge in [-0.15, -0.1) is 11.8 Å². The van der Waals surface area contributed by atoms with E-state index in [1.165, 1.54) is 22.7 Å². The molecule has 2 unspecified atom stereocenters. The number of carboxylic acids is 1. The van der Waals surface area contributed by atoms with E-state index < -0.39 is 12.0 Å². The van der Waals surface area contributed by atoms with Gasteiger partial charge in [-0.25, -0.2) is 4.79 Å². The summed E-state index contributed by atoms with van der Waals surface area (Å²) in [5, 5.41) is 13.0. The van der Waals surface area contributed by atoms with Crippen LogP contribution in [0.5, 0.6) is 0 Å². The molecule has 19 heavy (non-hydrogen) atoms. The molecule has 7 heteroatoms. The Bertz CT molecular complexity index is 526. The molecule has 1 N–H and O–H groups in total. The third-order valence-electron chi connectivity index (χ3n) is 3.02. The van der Waals surface area contributed by atoms with Crippen LogP contribution >= 0.6 is 11.8 Å². The molecular weight excluding hydrogens is 266 g/mol. The predicted octanol–water partition coefficient (Wildman–Crippen LogP) is 0.808. The molecule has 0 spiro atoms. The number of amides is 1. The van der Waals surface area contributed by atoms with Crippen molar-refractivity contribution in [3.05, 3.63) is 24.0 Å². The summed E-state index contributed by atoms with van der Waals surface area (Å²) in [4.78, 5) is 24.6. The summed E-state index contributed by atoms with van der Waals surface area (Å²) in [6.45, 7) is 1.84. The summed E-state index contributed by atoms with van der Waals surface area (Å²) in [5.74, 6) is -0.813. The van der Waals surface area contributed by atoms with Crippen LogP contribution in [0.4, 0.5) is 0 Å². The number of hydrogen-bond acceptors (Lipinski definition) is 4. The van der Waals surface area contributed by atoms with Gasteiger partial charge in [0.25, 0.3) is 0 Å². The van der Waals surface area contributed by atoms with Crippen molar-refractivity contribution in [2.45, 2.75) is 18.3 Å². The molecule has 1 aromatic rings. The van der Waals surface area contributed by atoms with Gasteiger partial charge in [0.2, 0.25) is 5.91 Å². The zero-order chi connectivity index (χ0) is 14.0. The second kappa shape index (κ2) is 5.48. The van der Waals surface area contributed by atoms with Crippen LogP contribution in [0.3, 0.4) is 0 Å². The van der Waals surface area contributed by atoms with Crippen LogP contribution in [0.15, 0.2) is 18.3 Å². The molecule has 0 aromatic carbocycles. The second-order valence-electron chi connectivity index (χ2n) is 4.25. The van der Waals surface area contributed by atoms with Crippen LogP contribution in [-0.2, 0) is 16.6 Å². The summed E-state index contributed by atoms with van der Waals surface area (Å²) >= 11 is 1.47. The molecule has 0 aliphatic carbocycles. The Morgan fingerprint density at radius 2 is 2.32 bits per heavy atom. The Hall–Kier alpha value is -1.76. The minimum Gasteiger partial charge on any atom is -0.480 e. The highest BCUT2D eigenvalue weighted by atomic mass is 32.2. The summed E-state index contributed by atoms with van der Waals surface area (Å²) in [5.41, 5.74) is 0.791. The SMILES string of the molecule is CC1SCC(C(=O)O)N1C(=O)C=Cc1ccnn1C. The van der Waals surface area contributed by atoms with E-state index in [4.69, 9.17) is 5.11 Å². The number of thioether (sulfide) groups is 1. The summed E-state index contributed by atoms with van der Waals surface area (Å²) < 4.78 is 1.64. The first-order chi connectivity index (χ1) is 9.00. The quantitative estimate of drug-likeness (QED) is 0.830. The van der Waals surface area contributed by atoms with Crippen LogP contribution in [-0.4, -0.2) is 48.8 Å². The van der Waals surface area contributed by atoms with E-state index in [2.05, 4.69) is 5.10 Å². The molecule has 1 saturated heterocycles. The molecule has 2 rings (SSSR count). The Morgan fingerprint density at radius 1 is 1.58 bits per heavy atom. The summed E-state index contributed by atoms with van der Waals surface area (Å²) in [6.07, 6.45) is 4.68. The van der Waals surface area contributed by atoms with Gasteiger partial charge >= 0.3 is 5.97 Å². The highest BCUT2D eigenvalue weighted by molar-refractivity contribution is 8.00. The van der Waals surface area contributed by atoms with Crippen molar-refractivity contribution in [3.8, 4) is 0 Å². The maximum atomic E-state index is 12.1. The van der Waals surface area contributed by atoms with Crippen LogP contribution in [0, 0.1) is 0 Å². The number of aliphatic carboxylic acids is 1. The van der Waals surface area contributed by atoms with Gasteiger partial charge in [0.1, 0.15) is 6.04 Å². The van der Waals surface area contributed by atoms with Crippen molar-refractivity contribution in [1.82, 2.24) is 14.7 Å². The fraction of sp³-hybridized carbons (Fsp3) is 0.417. The van der Waals surface area contributed by atoms with Crippen molar-refractivity contribution >= 4 is 29.7 Å². The first kappa shape index (κ1) is 13.7. The lowest BCUT2D eigenvalue weighted by Crippen LogP contribution is -2.44. The lowest BCUT2D eigenvalue weighted by atomic mass is 10.2. The molecule has 0 bridgehead atoms. The van der Waals surface area contributed by atoms with Gasteiger partial charge < -0.3 is 10.0 Å². The fourth-order valence-corrected chi connectivity index (χ4v) is 3.13. The Balaban J connectivity index is 2.12. The average molecular weight is 281 g/mol. The van der Waals surface area contributed by atoms with E-state index in [1.54, 1.807) is 30.1 Å². The minimum absolute atomic E-state index is 0.121. The Morgan fingerprint density at radius 3 is 2.89 bits per heavy atom. The highest BCUT2D eigenvalue weighted by Crippen LogP contribution is 2.29. The van der Waals surface area contributed by atoms with Gasteiger partial charge in [-0.3, -0.25) is 9.48 Å². The third-order valence-corrected chi connectivity index (χ3v) is 4.24. The number of carbonyl (C=O) groups is 2. The topological polar surface area (TPSA) is 75.4 Å². The number of carbonyl (C=O) groups excluding carboxylic acids is 1. The molecular formula is C12H15N3O3S. The molecule has 1 aromatic heterocycles. The number of carboxylic acid groups (broad SMARTS) is 1. The van der Waals surface area contributed by atoms with E-state index in [0.717, 1.165) is 5.69 Å². The van der Waals surface area contributed by atoms with Crippen molar-refractivity contribution in [3.63, 3.8) is 0 Å². The van der Waals surface area contributed by atoms with Crippen molar-refractivity contribution in [1.29, 1.82) is 0 Å². The Kier molecular flexibility index (Phi) is 3.94. The molecule has 2 atom stereocenters. The van der Waals surface area contributed by atoms with Gasteiger partial charge in [0.15, 0.2) is 0 Å². The average Bonchev–Trinajstić information content (AvgIpc) is 2.92. The maximum Gasteiger partial charge on any atom is 0.327 e. The monoisotopic (exact) mass is 281 g/mol. The van der Waals surface area contributed by atoms with Gasteiger partial charge in [-0.05, 0) is 19.1 Å². The van der Waals surface area contributed by atoms with Crippen molar-refractivity contribution < 1.29 is 14.7 Å². The molecule has 6 nitrogen and oxygen atoms in total. The molecule has 1 aliphatic rings. The zero-order valence-corrected chi connectivity index (χ0v) is 11.5. The zero-order valence-electron chi connectivity index (χ0n) is 10.7. The number of hydrogen-bond donors (Lipinski definition) is 1. The normalized spacial score (nSPS) is 23.2. The van der Waals surface area contributed by atoms with E-state index in [1.807, 2.05) is 6.92 Å². The van der Waals surface area contributed by atoms with E-state index in [0.29, 0.717) is 5.75 Å². The maximum absolute atomic E-state index is 12.1. The first-order valence-corrected chi connectivity index (χ1v) is 6.88. The van der Waals surface area contributed by atoms with Crippen molar-refractivity contribution in [2.75, 3.05) is 5.75 Å². The molecule has 0 saturated carbocycles. The van der Waals surface area contributed by atoms with Gasteiger partial charge in [0.05, 0.1) is 11.1 Å². The lowest BCUT2D eigenvalue weighted by molar-refractivity contribution is -0.147. The van der Waals surface area contributed by atoms with Crippen LogP contribution < -0.4 is 0 Å². The molecule has 102 valence electrons. The van der Waals surface area contributed by atoms with Crippen LogP contribution in [0.1, 0.15) is 12.6 Å². The molecule has 0 radical (unpaired) electrons. The lowest BCUT2D eigenvalue weighted by Gasteiger charge is -2.23. The minimum atomic E-state index is -0.959. The standard InChI is InChI=1S/C12H15N3O3S/c1-8-15(10(7-19-8)12(17)18)11(16)4-3-9-5-6-13-14(9)2/h3-6,8,10H,7H2,1-2H3,(H,17,18). The highest BCUT2D eigenvalue weighted by Gasteiger charge is 2.38. The molecule has 1 amide bonds. The smallest absolute Gasteiger partial charge is 0.327 e. The van der Waals surface area contributed by atoms with Gasteiger partial charge in [0, 0.05) is 25.1 Å². The fourth-order valence-electron chi connectivity index (χ4n) is 1.96. The molecule has 1 fully saturated rings. The van der Waals surface area contributed by atoms with Gasteiger partial charge in [-0.2, -0.15) is 5.10 Å². The number of aryl methyl sites for hydroxylation is 1. The molecule has 2 heterocycles. The van der Waals surface area contributed by atoms with E-state index in [-0.39, 0.29) is 11.3 Å². The third kappa shape index (κ3) is 2.81. The van der Waals surface area contributed by atoms with E-state index >= 15 is 0 Å². The van der Waals surface area contributed by atoms with Gasteiger partial charge in [-0.1, -0.05) is 0 Å². The second-order valence-corrected chi connectivity index (χ2v) is 5.59. The first-order valence-electron chi connectivity index (χ1n) is 5.83. The Labute approximate surface area is 115 Å². The predicted molar refractivity (Wildman–Crippen MR) is 72.4 cm³/mol. The number of rotatable bonds is 3. The van der Waals surface area contributed by atoms with Crippen LogP contribution in [0.25, 0.3) is 6.08 Å². The molecule has 1 aliphatic heterocycles. The van der Waals surface area contributed by atoms with Crippen LogP contribution in [0.2, 0.25) is 0 Å². The summed E-state index contributed by atoms with van der Waals surface area (Å²) in [6, 6.07) is 1.03. The number of aromatic nitrogens is 2.